The Morgan fingerprint density at radius 1 is 0.683 bits per heavy atom. The van der Waals surface area contributed by atoms with Gasteiger partial charge in [-0.05, 0) is 45.7 Å². The maximum absolute atomic E-state index is 6.44. The molecular formula is C32H42O9. The van der Waals surface area contributed by atoms with Gasteiger partial charge in [-0.25, -0.2) is 0 Å². The number of hydrogen-bond donors (Lipinski definition) is 0. The molecule has 4 heterocycles. The Balaban J connectivity index is 1.11. The van der Waals surface area contributed by atoms with Crippen LogP contribution in [0.1, 0.15) is 52.2 Å². The predicted molar refractivity (Wildman–Crippen MR) is 147 cm³/mol. The van der Waals surface area contributed by atoms with Crippen molar-refractivity contribution >= 4 is 0 Å². The summed E-state index contributed by atoms with van der Waals surface area (Å²) < 4.78 is 56.4. The normalized spacial score (nSPS) is 37.4. The third-order valence-corrected chi connectivity index (χ3v) is 7.91. The van der Waals surface area contributed by atoms with Gasteiger partial charge in [0.05, 0.1) is 32.0 Å². The van der Waals surface area contributed by atoms with E-state index >= 15 is 0 Å². The van der Waals surface area contributed by atoms with Gasteiger partial charge in [-0.1, -0.05) is 60.7 Å². The molecule has 0 radical (unpaired) electrons. The molecule has 4 fully saturated rings. The maximum Gasteiger partial charge on any atom is 0.190 e. The minimum Gasteiger partial charge on any atom is -0.371 e. The van der Waals surface area contributed by atoms with Crippen LogP contribution in [0.4, 0.5) is 0 Å². The molecule has 224 valence electrons. The smallest absolute Gasteiger partial charge is 0.190 e. The van der Waals surface area contributed by atoms with E-state index in [0.29, 0.717) is 19.6 Å². The van der Waals surface area contributed by atoms with Crippen LogP contribution in [-0.2, 0) is 55.8 Å². The Bertz CT molecular complexity index is 1130. The summed E-state index contributed by atoms with van der Waals surface area (Å²) in [6, 6.07) is 20.3. The quantitative estimate of drug-likeness (QED) is 0.426. The average Bonchev–Trinajstić information content (AvgIpc) is 3.44. The summed E-state index contributed by atoms with van der Waals surface area (Å²) >= 11 is 0. The standard InChI is InChI=1S/C32H42O9/c1-20-26(35-18-22-14-10-7-11-15-22)23(33-17-21-12-8-6-9-13-21)16-25(36-20)34-19-24-27-28(39-31(2,3)38-27)29-30(37-24)41-32(4,5)40-29/h6-15,20,23-30H,16-19H2,1-5H3/t20-,23+,24-,25+,26-,27+,28+,29-,30-/m1/s1. The van der Waals surface area contributed by atoms with Gasteiger partial charge in [0.1, 0.15) is 30.5 Å². The molecule has 4 aliphatic heterocycles. The zero-order valence-corrected chi connectivity index (χ0v) is 24.5. The SMILES string of the molecule is C[C@H]1O[C@H](OC[C@H]2O[C@@H]3OC(C)(C)O[C@@H]3[C@H]3OC(C)(C)O[C@H]32)C[C@H](OCc2ccccc2)[C@@H]1OCc1ccccc1. The fourth-order valence-corrected chi connectivity index (χ4v) is 6.09. The molecule has 0 unspecified atom stereocenters. The molecule has 2 aromatic carbocycles. The van der Waals surface area contributed by atoms with E-state index in [9.17, 15) is 0 Å². The molecule has 9 nitrogen and oxygen atoms in total. The van der Waals surface area contributed by atoms with Crippen molar-refractivity contribution < 1.29 is 42.6 Å². The third kappa shape index (κ3) is 6.85. The molecule has 6 rings (SSSR count). The largest absolute Gasteiger partial charge is 0.371 e. The summed E-state index contributed by atoms with van der Waals surface area (Å²) in [5.74, 6) is -1.54. The predicted octanol–water partition coefficient (Wildman–Crippen LogP) is 4.71. The zero-order chi connectivity index (χ0) is 28.6. The highest BCUT2D eigenvalue weighted by Crippen LogP contribution is 2.44. The first-order chi connectivity index (χ1) is 19.7. The lowest BCUT2D eigenvalue weighted by atomic mass is 9.99. The molecule has 0 aliphatic carbocycles. The van der Waals surface area contributed by atoms with Crippen LogP contribution in [0.15, 0.2) is 60.7 Å². The number of rotatable bonds is 9. The van der Waals surface area contributed by atoms with Crippen molar-refractivity contribution in [3.8, 4) is 0 Å². The van der Waals surface area contributed by atoms with Crippen molar-refractivity contribution in [2.45, 2.75) is 121 Å². The van der Waals surface area contributed by atoms with Crippen molar-refractivity contribution in [3.63, 3.8) is 0 Å². The Kier molecular flexibility index (Phi) is 8.53. The molecule has 9 atom stereocenters. The van der Waals surface area contributed by atoms with Crippen molar-refractivity contribution in [2.75, 3.05) is 6.61 Å². The Hall–Kier alpha value is -1.92. The van der Waals surface area contributed by atoms with E-state index in [1.165, 1.54) is 0 Å². The molecular weight excluding hydrogens is 528 g/mol. The molecule has 0 N–H and O–H groups in total. The minimum atomic E-state index is -0.772. The van der Waals surface area contributed by atoms with Crippen LogP contribution in [0.5, 0.6) is 0 Å². The number of benzene rings is 2. The Morgan fingerprint density at radius 3 is 1.95 bits per heavy atom. The first kappa shape index (κ1) is 29.2. The highest BCUT2D eigenvalue weighted by molar-refractivity contribution is 5.14. The topological polar surface area (TPSA) is 83.1 Å². The highest BCUT2D eigenvalue weighted by atomic mass is 16.9. The van der Waals surface area contributed by atoms with Gasteiger partial charge in [0.25, 0.3) is 0 Å². The molecule has 41 heavy (non-hydrogen) atoms. The molecule has 0 saturated carbocycles. The summed E-state index contributed by atoms with van der Waals surface area (Å²) in [6.45, 7) is 10.7. The number of ether oxygens (including phenoxy) is 9. The Morgan fingerprint density at radius 2 is 1.27 bits per heavy atom. The van der Waals surface area contributed by atoms with Gasteiger partial charge in [-0.2, -0.15) is 0 Å². The second-order valence-corrected chi connectivity index (χ2v) is 12.1. The van der Waals surface area contributed by atoms with Crippen LogP contribution in [0.25, 0.3) is 0 Å². The molecule has 0 bridgehead atoms. The fourth-order valence-electron chi connectivity index (χ4n) is 6.09. The van der Waals surface area contributed by atoms with E-state index in [4.69, 9.17) is 42.6 Å². The average molecular weight is 571 g/mol. The van der Waals surface area contributed by atoms with Gasteiger partial charge in [0.15, 0.2) is 24.2 Å². The number of fused-ring (bicyclic) bond motifs is 3. The van der Waals surface area contributed by atoms with Gasteiger partial charge in [0.2, 0.25) is 0 Å². The van der Waals surface area contributed by atoms with Gasteiger partial charge >= 0.3 is 0 Å². The van der Waals surface area contributed by atoms with Crippen molar-refractivity contribution in [1.29, 1.82) is 0 Å². The highest BCUT2D eigenvalue weighted by Gasteiger charge is 2.60. The van der Waals surface area contributed by atoms with Crippen LogP contribution in [0, 0.1) is 0 Å². The molecule has 0 amide bonds. The lowest BCUT2D eigenvalue weighted by Crippen LogP contribution is -2.57. The summed E-state index contributed by atoms with van der Waals surface area (Å²) in [6.07, 6.45) is -2.79. The van der Waals surface area contributed by atoms with Crippen molar-refractivity contribution in [3.05, 3.63) is 71.8 Å². The summed E-state index contributed by atoms with van der Waals surface area (Å²) in [7, 11) is 0. The first-order valence-corrected chi connectivity index (χ1v) is 14.6. The van der Waals surface area contributed by atoms with E-state index in [-0.39, 0.29) is 43.2 Å². The summed E-state index contributed by atoms with van der Waals surface area (Å²) in [5.41, 5.74) is 2.20. The fraction of sp³-hybridized carbons (Fsp3) is 0.625. The van der Waals surface area contributed by atoms with Gasteiger partial charge in [-0.15, -0.1) is 0 Å². The molecule has 4 saturated heterocycles. The van der Waals surface area contributed by atoms with Crippen molar-refractivity contribution in [1.82, 2.24) is 0 Å². The molecule has 4 aliphatic rings. The van der Waals surface area contributed by atoms with Gasteiger partial charge < -0.3 is 42.6 Å². The van der Waals surface area contributed by atoms with Crippen molar-refractivity contribution in [2.24, 2.45) is 0 Å². The van der Waals surface area contributed by atoms with Crippen LogP contribution in [-0.4, -0.2) is 73.5 Å². The first-order valence-electron chi connectivity index (χ1n) is 14.6. The van der Waals surface area contributed by atoms with Crippen LogP contribution < -0.4 is 0 Å². The maximum atomic E-state index is 6.44. The molecule has 0 spiro atoms. The summed E-state index contributed by atoms with van der Waals surface area (Å²) in [4.78, 5) is 0. The second-order valence-electron chi connectivity index (χ2n) is 12.1. The van der Waals surface area contributed by atoms with E-state index < -0.39 is 30.3 Å². The lowest BCUT2D eigenvalue weighted by molar-refractivity contribution is -0.288. The Labute approximate surface area is 242 Å². The lowest BCUT2D eigenvalue weighted by Gasteiger charge is -2.41. The molecule has 2 aromatic rings. The monoisotopic (exact) mass is 570 g/mol. The van der Waals surface area contributed by atoms with Gasteiger partial charge in [0, 0.05) is 6.42 Å². The zero-order valence-electron chi connectivity index (χ0n) is 24.5. The van der Waals surface area contributed by atoms with E-state index in [1.54, 1.807) is 0 Å². The van der Waals surface area contributed by atoms with Crippen LogP contribution in [0.3, 0.4) is 0 Å². The summed E-state index contributed by atoms with van der Waals surface area (Å²) in [5, 5.41) is 0. The van der Waals surface area contributed by atoms with E-state index in [2.05, 4.69) is 24.3 Å². The third-order valence-electron chi connectivity index (χ3n) is 7.91. The molecule has 9 heteroatoms. The van der Waals surface area contributed by atoms with E-state index in [1.807, 2.05) is 71.0 Å². The van der Waals surface area contributed by atoms with Gasteiger partial charge in [-0.3, -0.25) is 0 Å². The van der Waals surface area contributed by atoms with E-state index in [0.717, 1.165) is 11.1 Å². The van der Waals surface area contributed by atoms with Crippen LogP contribution in [0.2, 0.25) is 0 Å². The molecule has 0 aromatic heterocycles. The second kappa shape index (κ2) is 12.0. The number of hydrogen-bond acceptors (Lipinski definition) is 9. The minimum absolute atomic E-state index is 0.227. The van der Waals surface area contributed by atoms with Crippen LogP contribution >= 0.6 is 0 Å².